The molecule has 1 aliphatic carbocycles. The second kappa shape index (κ2) is 8.93. The molecule has 2 aliphatic rings. The van der Waals surface area contributed by atoms with Crippen LogP contribution in [0.25, 0.3) is 0 Å². The highest BCUT2D eigenvalue weighted by Crippen LogP contribution is 2.21. The first-order chi connectivity index (χ1) is 9.36. The van der Waals surface area contributed by atoms with Crippen molar-refractivity contribution in [2.45, 2.75) is 57.4 Å². The molecule has 0 radical (unpaired) electrons. The summed E-state index contributed by atoms with van der Waals surface area (Å²) in [7, 11) is 2.32. The van der Waals surface area contributed by atoms with Crippen LogP contribution >= 0.6 is 0 Å². The summed E-state index contributed by atoms with van der Waals surface area (Å²) in [5.74, 6) is 0. The number of hydrogen-bond acceptors (Lipinski definition) is 3. The quantitative estimate of drug-likeness (QED) is 0.681. The van der Waals surface area contributed by atoms with E-state index in [4.69, 9.17) is 0 Å². The Morgan fingerprint density at radius 3 is 2.47 bits per heavy atom. The van der Waals surface area contributed by atoms with Crippen LogP contribution in [-0.4, -0.2) is 62.2 Å². The molecule has 0 spiro atoms. The summed E-state index contributed by atoms with van der Waals surface area (Å²) in [6, 6.07) is 0.873. The molecule has 1 saturated carbocycles. The molecule has 0 aromatic heterocycles. The third-order valence-corrected chi connectivity index (χ3v) is 4.87. The van der Waals surface area contributed by atoms with E-state index in [1.54, 1.807) is 0 Å². The molecule has 0 aromatic rings. The van der Waals surface area contributed by atoms with Gasteiger partial charge in [0.2, 0.25) is 0 Å². The summed E-state index contributed by atoms with van der Waals surface area (Å²) in [5, 5.41) is 3.60. The summed E-state index contributed by atoms with van der Waals surface area (Å²) in [4.78, 5) is 5.18. The van der Waals surface area contributed by atoms with Gasteiger partial charge in [0, 0.05) is 19.1 Å². The third-order valence-electron chi connectivity index (χ3n) is 4.87. The molecule has 2 fully saturated rings. The molecule has 0 unspecified atom stereocenters. The van der Waals surface area contributed by atoms with Gasteiger partial charge in [0.15, 0.2) is 0 Å². The van der Waals surface area contributed by atoms with Crippen molar-refractivity contribution in [3.05, 3.63) is 0 Å². The van der Waals surface area contributed by atoms with Crippen LogP contribution in [0.1, 0.15) is 51.4 Å². The molecule has 3 nitrogen and oxygen atoms in total. The van der Waals surface area contributed by atoms with Crippen molar-refractivity contribution in [1.82, 2.24) is 15.1 Å². The van der Waals surface area contributed by atoms with Gasteiger partial charge in [-0.1, -0.05) is 19.3 Å². The van der Waals surface area contributed by atoms with Gasteiger partial charge in [0.25, 0.3) is 0 Å². The third kappa shape index (κ3) is 5.80. The molecule has 112 valence electrons. The molecule has 0 aromatic carbocycles. The van der Waals surface area contributed by atoms with E-state index in [0.717, 1.165) is 6.04 Å². The van der Waals surface area contributed by atoms with Crippen LogP contribution in [0.5, 0.6) is 0 Å². The monoisotopic (exact) mass is 267 g/mol. The minimum Gasteiger partial charge on any atom is -0.315 e. The van der Waals surface area contributed by atoms with E-state index in [1.165, 1.54) is 90.6 Å². The van der Waals surface area contributed by atoms with Crippen LogP contribution in [0, 0.1) is 0 Å². The lowest BCUT2D eigenvalue weighted by atomic mass is 9.94. The molecule has 0 bridgehead atoms. The highest BCUT2D eigenvalue weighted by Gasteiger charge is 2.17. The molecule has 0 atom stereocenters. The molecule has 1 heterocycles. The molecular formula is C16H33N3. The van der Waals surface area contributed by atoms with Gasteiger partial charge in [0.05, 0.1) is 0 Å². The summed E-state index contributed by atoms with van der Waals surface area (Å²) in [6.45, 7) is 7.52. The second-order valence-electron chi connectivity index (χ2n) is 6.42. The first-order valence-corrected chi connectivity index (χ1v) is 8.49. The van der Waals surface area contributed by atoms with Crippen molar-refractivity contribution >= 4 is 0 Å². The largest absolute Gasteiger partial charge is 0.315 e. The maximum atomic E-state index is 3.60. The molecule has 1 N–H and O–H groups in total. The van der Waals surface area contributed by atoms with Gasteiger partial charge in [-0.3, -0.25) is 0 Å². The van der Waals surface area contributed by atoms with E-state index in [0.29, 0.717) is 0 Å². The maximum Gasteiger partial charge on any atom is 0.0107 e. The minimum absolute atomic E-state index is 0.873. The first kappa shape index (κ1) is 15.3. The number of nitrogens with one attached hydrogen (secondary N) is 1. The topological polar surface area (TPSA) is 18.5 Å². The van der Waals surface area contributed by atoms with Crippen molar-refractivity contribution < 1.29 is 0 Å². The van der Waals surface area contributed by atoms with Gasteiger partial charge in [-0.05, 0) is 65.3 Å². The summed E-state index contributed by atoms with van der Waals surface area (Å²) in [6.07, 6.45) is 11.3. The molecule has 1 aliphatic heterocycles. The number of nitrogens with zero attached hydrogens (tertiary/aromatic N) is 2. The van der Waals surface area contributed by atoms with Crippen LogP contribution in [0.3, 0.4) is 0 Å². The van der Waals surface area contributed by atoms with Crippen LogP contribution in [-0.2, 0) is 0 Å². The van der Waals surface area contributed by atoms with Crippen LogP contribution in [0.15, 0.2) is 0 Å². The zero-order chi connectivity index (χ0) is 13.3. The maximum absolute atomic E-state index is 3.60. The Labute approximate surface area is 119 Å². The lowest BCUT2D eigenvalue weighted by Crippen LogP contribution is -2.36. The van der Waals surface area contributed by atoms with Gasteiger partial charge < -0.3 is 15.1 Å². The highest BCUT2D eigenvalue weighted by molar-refractivity contribution is 4.73. The van der Waals surface area contributed by atoms with Crippen molar-refractivity contribution in [1.29, 1.82) is 0 Å². The molecule has 19 heavy (non-hydrogen) atoms. The standard InChI is InChI=1S/C16H33N3/c1-18(16-8-3-2-4-9-16)12-7-10-17-11-15-19-13-5-6-14-19/h16-17H,2-15H2,1H3. The Morgan fingerprint density at radius 1 is 1.00 bits per heavy atom. The Hall–Kier alpha value is -0.120. The van der Waals surface area contributed by atoms with Crippen molar-refractivity contribution in [3.63, 3.8) is 0 Å². The number of likely N-dealkylation sites (tertiary alicyclic amines) is 1. The fraction of sp³-hybridized carbons (Fsp3) is 1.00. The van der Waals surface area contributed by atoms with E-state index >= 15 is 0 Å². The number of hydrogen-bond donors (Lipinski definition) is 1. The van der Waals surface area contributed by atoms with Gasteiger partial charge in [-0.2, -0.15) is 0 Å². The van der Waals surface area contributed by atoms with Gasteiger partial charge in [0.1, 0.15) is 0 Å². The number of rotatable bonds is 8. The van der Waals surface area contributed by atoms with Crippen LogP contribution in [0.4, 0.5) is 0 Å². The van der Waals surface area contributed by atoms with E-state index in [-0.39, 0.29) is 0 Å². The smallest absolute Gasteiger partial charge is 0.0107 e. The minimum atomic E-state index is 0.873. The second-order valence-corrected chi connectivity index (χ2v) is 6.42. The summed E-state index contributed by atoms with van der Waals surface area (Å²) < 4.78 is 0. The van der Waals surface area contributed by atoms with Crippen molar-refractivity contribution in [3.8, 4) is 0 Å². The van der Waals surface area contributed by atoms with E-state index < -0.39 is 0 Å². The van der Waals surface area contributed by atoms with E-state index in [9.17, 15) is 0 Å². The van der Waals surface area contributed by atoms with Gasteiger partial charge >= 0.3 is 0 Å². The molecule has 1 saturated heterocycles. The van der Waals surface area contributed by atoms with E-state index in [2.05, 4.69) is 22.2 Å². The normalized spacial score (nSPS) is 22.4. The zero-order valence-electron chi connectivity index (χ0n) is 12.9. The SMILES string of the molecule is CN(CCCNCCN1CCCC1)C1CCCCC1. The highest BCUT2D eigenvalue weighted by atomic mass is 15.2. The fourth-order valence-electron chi connectivity index (χ4n) is 3.53. The molecule has 0 amide bonds. The molecular weight excluding hydrogens is 234 g/mol. The van der Waals surface area contributed by atoms with Crippen molar-refractivity contribution in [2.75, 3.05) is 46.3 Å². The summed E-state index contributed by atoms with van der Waals surface area (Å²) in [5.41, 5.74) is 0. The van der Waals surface area contributed by atoms with Crippen molar-refractivity contribution in [2.24, 2.45) is 0 Å². The van der Waals surface area contributed by atoms with Gasteiger partial charge in [-0.25, -0.2) is 0 Å². The average molecular weight is 267 g/mol. The lowest BCUT2D eigenvalue weighted by Gasteiger charge is -2.31. The fourth-order valence-corrected chi connectivity index (χ4v) is 3.53. The van der Waals surface area contributed by atoms with Gasteiger partial charge in [-0.15, -0.1) is 0 Å². The Kier molecular flexibility index (Phi) is 7.18. The predicted octanol–water partition coefficient (Wildman–Crippen LogP) is 2.33. The van der Waals surface area contributed by atoms with Crippen LogP contribution in [0.2, 0.25) is 0 Å². The summed E-state index contributed by atoms with van der Waals surface area (Å²) >= 11 is 0. The van der Waals surface area contributed by atoms with Crippen LogP contribution < -0.4 is 5.32 Å². The average Bonchev–Trinajstić information content (AvgIpc) is 2.96. The molecule has 3 heteroatoms. The Morgan fingerprint density at radius 2 is 1.74 bits per heavy atom. The zero-order valence-corrected chi connectivity index (χ0v) is 12.9. The lowest BCUT2D eigenvalue weighted by molar-refractivity contribution is 0.189. The predicted molar refractivity (Wildman–Crippen MR) is 82.7 cm³/mol. The molecule has 2 rings (SSSR count). The first-order valence-electron chi connectivity index (χ1n) is 8.49. The van der Waals surface area contributed by atoms with E-state index in [1.807, 2.05) is 0 Å². The Balaban J connectivity index is 1.42. The Bertz CT molecular complexity index is 220.